The summed E-state index contributed by atoms with van der Waals surface area (Å²) in [7, 11) is 1.51. The maximum absolute atomic E-state index is 9.58. The monoisotopic (exact) mass is 271 g/mol. The van der Waals surface area contributed by atoms with Gasteiger partial charge in [-0.05, 0) is 40.5 Å². The lowest BCUT2D eigenvalue weighted by Gasteiger charge is -2.06. The van der Waals surface area contributed by atoms with Crippen molar-refractivity contribution in [1.82, 2.24) is 0 Å². The summed E-state index contributed by atoms with van der Waals surface area (Å²) in [6.07, 6.45) is 3.76. The molecule has 15 heavy (non-hydrogen) atoms. The molecule has 0 aliphatic heterocycles. The number of hydrogen-bond acceptors (Lipinski definition) is 3. The van der Waals surface area contributed by atoms with Gasteiger partial charge in [-0.15, -0.1) is 0 Å². The smallest absolute Gasteiger partial charge is 0.172 e. The van der Waals surface area contributed by atoms with Crippen LogP contribution in [0.25, 0.3) is 6.08 Å². The normalized spacial score (nSPS) is 13.1. The highest BCUT2D eigenvalue weighted by molar-refractivity contribution is 9.10. The van der Waals surface area contributed by atoms with Crippen LogP contribution >= 0.6 is 15.9 Å². The molecule has 1 aromatic rings. The zero-order valence-electron chi connectivity index (χ0n) is 8.70. The highest BCUT2D eigenvalue weighted by Crippen LogP contribution is 2.35. The number of phenols is 1. The van der Waals surface area contributed by atoms with Crippen LogP contribution < -0.4 is 10.5 Å². The van der Waals surface area contributed by atoms with Crippen molar-refractivity contribution in [2.75, 3.05) is 7.11 Å². The van der Waals surface area contributed by atoms with Crippen molar-refractivity contribution in [2.24, 2.45) is 5.73 Å². The maximum Gasteiger partial charge on any atom is 0.172 e. The second-order valence-electron chi connectivity index (χ2n) is 3.27. The molecular weight excluding hydrogens is 258 g/mol. The number of nitrogens with two attached hydrogens (primary N) is 1. The third kappa shape index (κ3) is 3.25. The Bertz CT molecular complexity index is 375. The molecule has 1 atom stereocenters. The van der Waals surface area contributed by atoms with E-state index in [4.69, 9.17) is 10.5 Å². The molecule has 0 aliphatic rings. The van der Waals surface area contributed by atoms with E-state index in [2.05, 4.69) is 15.9 Å². The van der Waals surface area contributed by atoms with Crippen molar-refractivity contribution in [1.29, 1.82) is 0 Å². The van der Waals surface area contributed by atoms with Crippen molar-refractivity contribution in [3.05, 3.63) is 28.2 Å². The Balaban J connectivity index is 3.06. The summed E-state index contributed by atoms with van der Waals surface area (Å²) in [6, 6.07) is 3.55. The molecule has 0 fully saturated rings. The molecule has 1 aromatic carbocycles. The second kappa shape index (κ2) is 5.19. The predicted molar refractivity (Wildman–Crippen MR) is 65.0 cm³/mol. The SMILES string of the molecule is COc1cc(/C=C/C(C)N)cc(Br)c1O. The van der Waals surface area contributed by atoms with Gasteiger partial charge in [0, 0.05) is 6.04 Å². The molecule has 3 N–H and O–H groups in total. The fourth-order valence-corrected chi connectivity index (χ4v) is 1.57. The Hall–Kier alpha value is -1.00. The van der Waals surface area contributed by atoms with Gasteiger partial charge in [0.15, 0.2) is 11.5 Å². The van der Waals surface area contributed by atoms with Crippen LogP contribution in [-0.4, -0.2) is 18.3 Å². The van der Waals surface area contributed by atoms with E-state index in [0.717, 1.165) is 5.56 Å². The predicted octanol–water partition coefficient (Wildman–Crippen LogP) is 2.52. The van der Waals surface area contributed by atoms with Crippen LogP contribution in [0.3, 0.4) is 0 Å². The Morgan fingerprint density at radius 1 is 1.53 bits per heavy atom. The molecule has 0 heterocycles. The molecule has 1 rings (SSSR count). The van der Waals surface area contributed by atoms with Crippen LogP contribution in [0.5, 0.6) is 11.5 Å². The summed E-state index contributed by atoms with van der Waals surface area (Å²) < 4.78 is 5.63. The molecule has 0 saturated carbocycles. The van der Waals surface area contributed by atoms with Gasteiger partial charge in [-0.1, -0.05) is 12.2 Å². The van der Waals surface area contributed by atoms with Crippen LogP contribution in [0.15, 0.2) is 22.7 Å². The van der Waals surface area contributed by atoms with E-state index in [1.807, 2.05) is 19.1 Å². The topological polar surface area (TPSA) is 55.5 Å². The minimum Gasteiger partial charge on any atom is -0.503 e. The van der Waals surface area contributed by atoms with Crippen molar-refractivity contribution >= 4 is 22.0 Å². The van der Waals surface area contributed by atoms with Crippen LogP contribution in [0, 0.1) is 0 Å². The molecule has 0 aliphatic carbocycles. The molecular formula is C11H14BrNO2. The first-order valence-electron chi connectivity index (χ1n) is 4.55. The highest BCUT2D eigenvalue weighted by atomic mass is 79.9. The molecule has 0 radical (unpaired) electrons. The number of methoxy groups -OCH3 is 1. The van der Waals surface area contributed by atoms with Crippen LogP contribution in [0.2, 0.25) is 0 Å². The molecule has 0 aromatic heterocycles. The minimum absolute atomic E-state index is 0.00331. The summed E-state index contributed by atoms with van der Waals surface area (Å²) in [5, 5.41) is 9.58. The van der Waals surface area contributed by atoms with Crippen molar-refractivity contribution in [3.63, 3.8) is 0 Å². The molecule has 1 unspecified atom stereocenters. The van der Waals surface area contributed by atoms with Gasteiger partial charge < -0.3 is 15.6 Å². The zero-order chi connectivity index (χ0) is 11.4. The number of hydrogen-bond donors (Lipinski definition) is 2. The third-order valence-electron chi connectivity index (χ3n) is 1.86. The lowest BCUT2D eigenvalue weighted by atomic mass is 10.1. The summed E-state index contributed by atoms with van der Waals surface area (Å²) in [5.74, 6) is 0.546. The number of benzene rings is 1. The Morgan fingerprint density at radius 3 is 2.73 bits per heavy atom. The molecule has 0 amide bonds. The van der Waals surface area contributed by atoms with E-state index in [1.54, 1.807) is 12.1 Å². The highest BCUT2D eigenvalue weighted by Gasteiger charge is 2.06. The summed E-state index contributed by atoms with van der Waals surface area (Å²) in [4.78, 5) is 0. The minimum atomic E-state index is 0.00331. The average molecular weight is 272 g/mol. The lowest BCUT2D eigenvalue weighted by molar-refractivity contribution is 0.372. The zero-order valence-corrected chi connectivity index (χ0v) is 10.3. The first-order valence-corrected chi connectivity index (χ1v) is 5.34. The number of halogens is 1. The quantitative estimate of drug-likeness (QED) is 0.889. The van der Waals surface area contributed by atoms with Crippen molar-refractivity contribution in [2.45, 2.75) is 13.0 Å². The van der Waals surface area contributed by atoms with Gasteiger partial charge in [-0.3, -0.25) is 0 Å². The molecule has 82 valence electrons. The maximum atomic E-state index is 9.58. The van der Waals surface area contributed by atoms with E-state index in [-0.39, 0.29) is 11.8 Å². The molecule has 0 saturated heterocycles. The Labute approximate surface area is 97.7 Å². The van der Waals surface area contributed by atoms with Gasteiger partial charge in [0.25, 0.3) is 0 Å². The van der Waals surface area contributed by atoms with E-state index < -0.39 is 0 Å². The van der Waals surface area contributed by atoms with Crippen LogP contribution in [0.1, 0.15) is 12.5 Å². The number of rotatable bonds is 3. The number of ether oxygens (including phenoxy) is 1. The number of phenolic OH excluding ortho intramolecular Hbond substituents is 1. The van der Waals surface area contributed by atoms with E-state index in [1.165, 1.54) is 7.11 Å². The van der Waals surface area contributed by atoms with Gasteiger partial charge in [0.05, 0.1) is 11.6 Å². The van der Waals surface area contributed by atoms with Gasteiger partial charge in [0.2, 0.25) is 0 Å². The van der Waals surface area contributed by atoms with E-state index >= 15 is 0 Å². The first kappa shape index (κ1) is 12.1. The largest absolute Gasteiger partial charge is 0.503 e. The van der Waals surface area contributed by atoms with Crippen molar-refractivity contribution < 1.29 is 9.84 Å². The average Bonchev–Trinajstić information content (AvgIpc) is 2.19. The fourth-order valence-electron chi connectivity index (χ4n) is 1.11. The summed E-state index contributed by atoms with van der Waals surface area (Å²) in [6.45, 7) is 1.89. The van der Waals surface area contributed by atoms with E-state index in [9.17, 15) is 5.11 Å². The lowest BCUT2D eigenvalue weighted by Crippen LogP contribution is -2.09. The summed E-state index contributed by atoms with van der Waals surface area (Å²) >= 11 is 3.25. The molecule has 0 spiro atoms. The van der Waals surface area contributed by atoms with Gasteiger partial charge in [0.1, 0.15) is 0 Å². The standard InChI is InChI=1S/C11H14BrNO2/c1-7(13)3-4-8-5-9(12)11(14)10(6-8)15-2/h3-7,14H,13H2,1-2H3/b4-3+. The third-order valence-corrected chi connectivity index (χ3v) is 2.47. The van der Waals surface area contributed by atoms with E-state index in [0.29, 0.717) is 10.2 Å². The fraction of sp³-hybridized carbons (Fsp3) is 0.273. The van der Waals surface area contributed by atoms with Gasteiger partial charge >= 0.3 is 0 Å². The van der Waals surface area contributed by atoms with Gasteiger partial charge in [-0.25, -0.2) is 0 Å². The molecule has 3 nitrogen and oxygen atoms in total. The molecule has 4 heteroatoms. The van der Waals surface area contributed by atoms with Gasteiger partial charge in [-0.2, -0.15) is 0 Å². The Kier molecular flexibility index (Phi) is 4.17. The van der Waals surface area contributed by atoms with Crippen molar-refractivity contribution in [3.8, 4) is 11.5 Å². The van der Waals surface area contributed by atoms with Crippen LogP contribution in [0.4, 0.5) is 0 Å². The number of aromatic hydroxyl groups is 1. The second-order valence-corrected chi connectivity index (χ2v) is 4.13. The van der Waals surface area contributed by atoms with Crippen LogP contribution in [-0.2, 0) is 0 Å². The Morgan fingerprint density at radius 2 is 2.20 bits per heavy atom. The molecule has 0 bridgehead atoms. The summed E-state index contributed by atoms with van der Waals surface area (Å²) in [5.41, 5.74) is 6.52. The first-order chi connectivity index (χ1) is 7.04.